The number of hydrazine groups is 1. The van der Waals surface area contributed by atoms with Gasteiger partial charge in [-0.1, -0.05) is 19.1 Å². The first kappa shape index (κ1) is 20.2. The minimum atomic E-state index is -0.835. The summed E-state index contributed by atoms with van der Waals surface area (Å²) in [4.78, 5) is 37.1. The molecule has 7 heteroatoms. The van der Waals surface area contributed by atoms with Crippen molar-refractivity contribution >= 4 is 17.8 Å². The molecule has 7 nitrogen and oxygen atoms in total. The van der Waals surface area contributed by atoms with E-state index in [0.29, 0.717) is 38.2 Å². The maximum atomic E-state index is 12.7. The highest BCUT2D eigenvalue weighted by molar-refractivity contribution is 6.08. The Morgan fingerprint density at radius 1 is 1.29 bits per heavy atom. The van der Waals surface area contributed by atoms with Crippen molar-refractivity contribution in [1.29, 1.82) is 0 Å². The maximum absolute atomic E-state index is 12.7. The largest absolute Gasteiger partial charge is 0.494 e. The summed E-state index contributed by atoms with van der Waals surface area (Å²) >= 11 is 0. The number of nitrogens with one attached hydrogen (secondary N) is 2. The van der Waals surface area contributed by atoms with Crippen LogP contribution in [0.5, 0.6) is 5.75 Å². The van der Waals surface area contributed by atoms with Crippen LogP contribution in [0.2, 0.25) is 0 Å². The van der Waals surface area contributed by atoms with E-state index < -0.39 is 11.6 Å². The Labute approximate surface area is 165 Å². The highest BCUT2D eigenvalue weighted by Gasteiger charge is 2.52. The third-order valence-corrected chi connectivity index (χ3v) is 5.58. The number of nitrogens with zero attached hydrogens (tertiary/aromatic N) is 1. The smallest absolute Gasteiger partial charge is 0.344 e. The Balaban J connectivity index is 1.40. The lowest BCUT2D eigenvalue weighted by Crippen LogP contribution is -2.51. The first-order valence-corrected chi connectivity index (χ1v) is 10.1. The zero-order chi connectivity index (χ0) is 20.1. The number of rotatable bonds is 7. The molecule has 1 saturated heterocycles. The number of imide groups is 1. The minimum absolute atomic E-state index is 0.234. The molecular formula is C21H29N3O4. The molecule has 1 saturated carbocycles. The summed E-state index contributed by atoms with van der Waals surface area (Å²) in [5.41, 5.74) is 2.77. The number of amides is 4. The monoisotopic (exact) mass is 387 g/mol. The van der Waals surface area contributed by atoms with Gasteiger partial charge in [0.15, 0.2) is 0 Å². The lowest BCUT2D eigenvalue weighted by Gasteiger charge is -2.33. The van der Waals surface area contributed by atoms with E-state index in [4.69, 9.17) is 4.74 Å². The summed E-state index contributed by atoms with van der Waals surface area (Å²) in [6.45, 7) is 4.67. The molecule has 152 valence electrons. The van der Waals surface area contributed by atoms with Crippen LogP contribution in [0.4, 0.5) is 4.79 Å². The fourth-order valence-corrected chi connectivity index (χ4v) is 3.78. The third-order valence-electron chi connectivity index (χ3n) is 5.58. The van der Waals surface area contributed by atoms with Gasteiger partial charge in [0.25, 0.3) is 5.91 Å². The van der Waals surface area contributed by atoms with Crippen LogP contribution in [0.15, 0.2) is 24.3 Å². The second kappa shape index (κ2) is 8.63. The molecule has 3 rings (SSSR count). The van der Waals surface area contributed by atoms with Crippen molar-refractivity contribution in [2.75, 3.05) is 6.61 Å². The molecule has 1 aliphatic carbocycles. The molecule has 4 amide bonds. The molecule has 2 fully saturated rings. The summed E-state index contributed by atoms with van der Waals surface area (Å²) < 4.78 is 5.66. The first-order valence-electron chi connectivity index (χ1n) is 10.1. The van der Waals surface area contributed by atoms with E-state index in [1.54, 1.807) is 0 Å². The van der Waals surface area contributed by atoms with E-state index in [0.717, 1.165) is 29.2 Å². The molecule has 1 aromatic carbocycles. The Kier molecular flexibility index (Phi) is 6.21. The van der Waals surface area contributed by atoms with E-state index in [9.17, 15) is 14.4 Å². The van der Waals surface area contributed by atoms with Gasteiger partial charge in [-0.05, 0) is 69.1 Å². The van der Waals surface area contributed by atoms with Crippen molar-refractivity contribution < 1.29 is 19.1 Å². The van der Waals surface area contributed by atoms with Crippen molar-refractivity contribution in [3.05, 3.63) is 29.8 Å². The van der Waals surface area contributed by atoms with Crippen molar-refractivity contribution in [1.82, 2.24) is 15.8 Å². The molecule has 0 aromatic heterocycles. The van der Waals surface area contributed by atoms with Gasteiger partial charge in [-0.3, -0.25) is 15.0 Å². The second-order valence-corrected chi connectivity index (χ2v) is 7.99. The Hall–Kier alpha value is -2.57. The molecular weight excluding hydrogens is 358 g/mol. The normalized spacial score (nSPS) is 24.4. The number of hydrogen-bond donors (Lipinski definition) is 2. The summed E-state index contributed by atoms with van der Waals surface area (Å²) in [5, 5.41) is 3.66. The number of hydrogen-bond acceptors (Lipinski definition) is 4. The second-order valence-electron chi connectivity index (χ2n) is 7.99. The predicted octanol–water partition coefficient (Wildman–Crippen LogP) is 3.08. The molecule has 0 unspecified atom stereocenters. The molecule has 28 heavy (non-hydrogen) atoms. The number of ether oxygens (including phenoxy) is 1. The van der Waals surface area contributed by atoms with Crippen LogP contribution in [0.3, 0.4) is 0 Å². The third kappa shape index (κ3) is 4.64. The number of aryl methyl sites for hydroxylation is 1. The molecule has 0 atom stereocenters. The fraction of sp³-hybridized carbons (Fsp3) is 0.571. The topological polar surface area (TPSA) is 87.7 Å². The van der Waals surface area contributed by atoms with E-state index >= 15 is 0 Å². The predicted molar refractivity (Wildman–Crippen MR) is 104 cm³/mol. The molecule has 0 bridgehead atoms. The van der Waals surface area contributed by atoms with Gasteiger partial charge in [0, 0.05) is 6.42 Å². The number of carbonyl (C=O) groups excluding carboxylic acids is 3. The first-order chi connectivity index (χ1) is 13.4. The van der Waals surface area contributed by atoms with Gasteiger partial charge < -0.3 is 10.1 Å². The number of benzene rings is 1. The Morgan fingerprint density at radius 2 is 2.04 bits per heavy atom. The summed E-state index contributed by atoms with van der Waals surface area (Å²) in [7, 11) is 0. The van der Waals surface area contributed by atoms with E-state index in [1.165, 1.54) is 0 Å². The highest BCUT2D eigenvalue weighted by Crippen LogP contribution is 2.35. The zero-order valence-electron chi connectivity index (χ0n) is 16.6. The molecule has 1 heterocycles. The van der Waals surface area contributed by atoms with Gasteiger partial charge in [0.1, 0.15) is 11.3 Å². The van der Waals surface area contributed by atoms with Crippen LogP contribution in [0.1, 0.15) is 57.4 Å². The minimum Gasteiger partial charge on any atom is -0.494 e. The van der Waals surface area contributed by atoms with Gasteiger partial charge in [-0.25, -0.2) is 4.79 Å². The Bertz CT molecular complexity index is 741. The SMILES string of the molecule is Cc1cccc(OCCCCC(=O)NN2C(=O)NC3(CCC(C)CC3)C2=O)c1. The van der Waals surface area contributed by atoms with Crippen LogP contribution in [-0.2, 0) is 9.59 Å². The number of carbonyl (C=O) groups is 3. The van der Waals surface area contributed by atoms with E-state index in [-0.39, 0.29) is 18.2 Å². The quantitative estimate of drug-likeness (QED) is 0.556. The lowest BCUT2D eigenvalue weighted by atomic mass is 9.77. The van der Waals surface area contributed by atoms with Crippen LogP contribution < -0.4 is 15.5 Å². The van der Waals surface area contributed by atoms with E-state index in [2.05, 4.69) is 17.7 Å². The van der Waals surface area contributed by atoms with Gasteiger partial charge >= 0.3 is 6.03 Å². The molecule has 1 aromatic rings. The number of urea groups is 1. The number of unbranched alkanes of at least 4 members (excludes halogenated alkanes) is 1. The van der Waals surface area contributed by atoms with Crippen molar-refractivity contribution in [3.8, 4) is 5.75 Å². The van der Waals surface area contributed by atoms with Crippen molar-refractivity contribution in [2.24, 2.45) is 5.92 Å². The van der Waals surface area contributed by atoms with Crippen LogP contribution >= 0.6 is 0 Å². The molecule has 0 radical (unpaired) electrons. The van der Waals surface area contributed by atoms with Crippen molar-refractivity contribution in [3.63, 3.8) is 0 Å². The van der Waals surface area contributed by atoms with Crippen LogP contribution in [0.25, 0.3) is 0 Å². The summed E-state index contributed by atoms with van der Waals surface area (Å²) in [6, 6.07) is 7.28. The molecule has 1 spiro atoms. The van der Waals surface area contributed by atoms with Gasteiger partial charge in [-0.15, -0.1) is 0 Å². The molecule has 2 aliphatic rings. The molecule has 1 aliphatic heterocycles. The Morgan fingerprint density at radius 3 is 2.75 bits per heavy atom. The standard InChI is InChI=1S/C21H29N3O4/c1-15-9-11-21(12-10-15)19(26)24(20(27)22-21)23-18(25)8-3-4-13-28-17-7-5-6-16(2)14-17/h5-7,14-15H,3-4,8-13H2,1-2H3,(H,22,27)(H,23,25). The van der Waals surface area contributed by atoms with Gasteiger partial charge in [-0.2, -0.15) is 5.01 Å². The maximum Gasteiger partial charge on any atom is 0.344 e. The average molecular weight is 387 g/mol. The summed E-state index contributed by atoms with van der Waals surface area (Å²) in [6.07, 6.45) is 4.61. The van der Waals surface area contributed by atoms with Gasteiger partial charge in [0.2, 0.25) is 5.91 Å². The molecule has 2 N–H and O–H groups in total. The van der Waals surface area contributed by atoms with Crippen LogP contribution in [0, 0.1) is 12.8 Å². The van der Waals surface area contributed by atoms with Crippen LogP contribution in [-0.4, -0.2) is 35.0 Å². The van der Waals surface area contributed by atoms with Crippen molar-refractivity contribution in [2.45, 2.75) is 64.3 Å². The highest BCUT2D eigenvalue weighted by atomic mass is 16.5. The van der Waals surface area contributed by atoms with E-state index in [1.807, 2.05) is 31.2 Å². The fourth-order valence-electron chi connectivity index (χ4n) is 3.78. The lowest BCUT2D eigenvalue weighted by molar-refractivity contribution is -0.140. The average Bonchev–Trinajstić information content (AvgIpc) is 2.88. The summed E-state index contributed by atoms with van der Waals surface area (Å²) in [5.74, 6) is 0.706. The zero-order valence-corrected chi connectivity index (χ0v) is 16.6. The van der Waals surface area contributed by atoms with Gasteiger partial charge in [0.05, 0.1) is 6.61 Å².